The van der Waals surface area contributed by atoms with Crippen LogP contribution in [0.1, 0.15) is 15.9 Å². The maximum absolute atomic E-state index is 11.4. The summed E-state index contributed by atoms with van der Waals surface area (Å²) >= 11 is 13.4. The van der Waals surface area contributed by atoms with Gasteiger partial charge in [-0.2, -0.15) is 0 Å². The zero-order chi connectivity index (χ0) is 21.0. The summed E-state index contributed by atoms with van der Waals surface area (Å²) in [6, 6.07) is 13.8. The van der Waals surface area contributed by atoms with E-state index in [1.807, 2.05) is 0 Å². The fraction of sp³-hybridized carbons (Fsp3) is 0.100. The highest BCUT2D eigenvalue weighted by molar-refractivity contribution is 7.19. The van der Waals surface area contributed by atoms with Gasteiger partial charge in [0.25, 0.3) is 0 Å². The number of carboxylic acid groups (broad SMARTS) is 2. The number of aliphatic carboxylic acids is 1. The molecule has 1 heterocycles. The van der Waals surface area contributed by atoms with Gasteiger partial charge in [-0.3, -0.25) is 4.79 Å². The summed E-state index contributed by atoms with van der Waals surface area (Å²) in [5.74, 6) is -1.60. The van der Waals surface area contributed by atoms with Crippen molar-refractivity contribution in [3.05, 3.63) is 69.7 Å². The summed E-state index contributed by atoms with van der Waals surface area (Å²) in [5.41, 5.74) is 1.50. The first kappa shape index (κ1) is 21.0. The highest BCUT2D eigenvalue weighted by Crippen LogP contribution is 2.36. The van der Waals surface area contributed by atoms with Crippen LogP contribution >= 0.6 is 34.5 Å². The molecule has 0 saturated carbocycles. The number of hydrogen-bond acceptors (Lipinski definition) is 5. The second-order valence-corrected chi connectivity index (χ2v) is 7.79. The third kappa shape index (κ3) is 5.20. The number of ether oxygens (including phenoxy) is 1. The summed E-state index contributed by atoms with van der Waals surface area (Å²) in [6.45, 7) is -0.152. The molecule has 0 aliphatic rings. The summed E-state index contributed by atoms with van der Waals surface area (Å²) in [5, 5.41) is 22.1. The first-order valence-corrected chi connectivity index (χ1v) is 9.91. The Kier molecular flexibility index (Phi) is 6.64. The first-order chi connectivity index (χ1) is 13.8. The second-order valence-electron chi connectivity index (χ2n) is 5.92. The lowest BCUT2D eigenvalue weighted by Gasteiger charge is -2.10. The van der Waals surface area contributed by atoms with Crippen LogP contribution in [-0.4, -0.2) is 28.7 Å². The van der Waals surface area contributed by atoms with Crippen LogP contribution in [0.3, 0.4) is 0 Å². The molecule has 0 bridgehead atoms. The van der Waals surface area contributed by atoms with Gasteiger partial charge in [0.05, 0.1) is 5.56 Å². The van der Waals surface area contributed by atoms with E-state index >= 15 is 0 Å². The van der Waals surface area contributed by atoms with E-state index in [0.29, 0.717) is 31.2 Å². The number of nitrogens with one attached hydrogen (secondary N) is 1. The van der Waals surface area contributed by atoms with Crippen LogP contribution in [0, 0.1) is 0 Å². The van der Waals surface area contributed by atoms with Gasteiger partial charge in [-0.25, -0.2) is 4.79 Å². The predicted molar refractivity (Wildman–Crippen MR) is 114 cm³/mol. The van der Waals surface area contributed by atoms with Crippen LogP contribution in [0.4, 0.5) is 5.00 Å². The third-order valence-electron chi connectivity index (χ3n) is 3.95. The molecule has 150 valence electrons. The number of halogens is 2. The monoisotopic (exact) mass is 451 g/mol. The Morgan fingerprint density at radius 2 is 1.69 bits per heavy atom. The topological polar surface area (TPSA) is 95.9 Å². The Hall–Kier alpha value is -2.74. The van der Waals surface area contributed by atoms with Crippen molar-refractivity contribution in [2.75, 3.05) is 11.9 Å². The average Bonchev–Trinajstić information content (AvgIpc) is 3.11. The Bertz CT molecular complexity index is 1030. The van der Waals surface area contributed by atoms with Crippen LogP contribution in [0.5, 0.6) is 5.75 Å². The van der Waals surface area contributed by atoms with E-state index in [-0.39, 0.29) is 18.7 Å². The molecular weight excluding hydrogens is 437 g/mol. The van der Waals surface area contributed by atoms with Crippen LogP contribution in [0.2, 0.25) is 10.0 Å². The largest absolute Gasteiger partial charge is 0.489 e. The molecule has 0 fully saturated rings. The molecule has 0 radical (unpaired) electrons. The molecule has 9 heteroatoms. The van der Waals surface area contributed by atoms with E-state index in [0.717, 1.165) is 5.56 Å². The maximum atomic E-state index is 11.4. The van der Waals surface area contributed by atoms with Gasteiger partial charge in [0.15, 0.2) is 0 Å². The molecule has 3 rings (SSSR count). The summed E-state index contributed by atoms with van der Waals surface area (Å²) < 4.78 is 5.74. The van der Waals surface area contributed by atoms with Crippen LogP contribution in [0.15, 0.2) is 48.5 Å². The van der Waals surface area contributed by atoms with E-state index in [1.54, 1.807) is 42.5 Å². The predicted octanol–water partition coefficient (Wildman–Crippen LogP) is 5.50. The van der Waals surface area contributed by atoms with Crippen LogP contribution < -0.4 is 10.1 Å². The molecule has 0 aliphatic heterocycles. The molecule has 29 heavy (non-hydrogen) atoms. The van der Waals surface area contributed by atoms with Gasteiger partial charge in [0.2, 0.25) is 0 Å². The van der Waals surface area contributed by atoms with Crippen molar-refractivity contribution >= 4 is 51.5 Å². The minimum Gasteiger partial charge on any atom is -0.489 e. The molecule has 6 nitrogen and oxygen atoms in total. The van der Waals surface area contributed by atoms with Crippen molar-refractivity contribution in [1.29, 1.82) is 0 Å². The van der Waals surface area contributed by atoms with E-state index in [4.69, 9.17) is 33.0 Å². The molecule has 1 aromatic heterocycles. The summed E-state index contributed by atoms with van der Waals surface area (Å²) in [6.07, 6.45) is 0. The lowest BCUT2D eigenvalue weighted by molar-refractivity contribution is -0.134. The van der Waals surface area contributed by atoms with Crippen molar-refractivity contribution in [3.63, 3.8) is 0 Å². The number of thiophene rings is 1. The lowest BCUT2D eigenvalue weighted by atomic mass is 10.1. The van der Waals surface area contributed by atoms with E-state index in [2.05, 4.69) is 5.32 Å². The molecule has 0 amide bonds. The highest BCUT2D eigenvalue weighted by Gasteiger charge is 2.17. The van der Waals surface area contributed by atoms with Gasteiger partial charge in [-0.1, -0.05) is 29.3 Å². The number of anilines is 1. The number of benzene rings is 2. The summed E-state index contributed by atoms with van der Waals surface area (Å²) in [7, 11) is 0. The van der Waals surface area contributed by atoms with Gasteiger partial charge in [-0.15, -0.1) is 11.3 Å². The normalized spacial score (nSPS) is 10.6. The first-order valence-electron chi connectivity index (χ1n) is 8.34. The van der Waals surface area contributed by atoms with Crippen LogP contribution in [0.25, 0.3) is 10.4 Å². The van der Waals surface area contributed by atoms with Crippen LogP contribution in [-0.2, 0) is 11.4 Å². The van der Waals surface area contributed by atoms with Gasteiger partial charge >= 0.3 is 11.9 Å². The van der Waals surface area contributed by atoms with Gasteiger partial charge in [0, 0.05) is 20.5 Å². The molecule has 3 aromatic rings. The van der Waals surface area contributed by atoms with Crippen molar-refractivity contribution in [1.82, 2.24) is 0 Å². The zero-order valence-electron chi connectivity index (χ0n) is 14.8. The Labute approximate surface area is 180 Å². The van der Waals surface area contributed by atoms with Gasteiger partial charge in [-0.05, 0) is 48.0 Å². The van der Waals surface area contributed by atoms with E-state index in [1.165, 1.54) is 17.4 Å². The lowest BCUT2D eigenvalue weighted by Crippen LogP contribution is -2.13. The van der Waals surface area contributed by atoms with Crippen molar-refractivity contribution < 1.29 is 24.5 Å². The van der Waals surface area contributed by atoms with Crippen molar-refractivity contribution in [2.45, 2.75) is 6.61 Å². The molecule has 0 spiro atoms. The third-order valence-corrected chi connectivity index (χ3v) is 5.80. The Balaban J connectivity index is 1.75. The number of rotatable bonds is 8. The fourth-order valence-corrected chi connectivity index (χ4v) is 4.08. The standard InChI is InChI=1S/C20H15Cl2NO5S/c21-15-2-1-3-16(22)14(15)10-28-12-6-4-11(5-7-12)17-8-13(20(26)27)19(29-17)23-9-18(24)25/h1-8,23H,9-10H2,(H,24,25)(H,26,27). The van der Waals surface area contributed by atoms with Gasteiger partial charge in [0.1, 0.15) is 23.9 Å². The Morgan fingerprint density at radius 1 is 1.03 bits per heavy atom. The Morgan fingerprint density at radius 3 is 2.28 bits per heavy atom. The molecule has 0 unspecified atom stereocenters. The number of carbonyl (C=O) groups is 2. The zero-order valence-corrected chi connectivity index (χ0v) is 17.1. The van der Waals surface area contributed by atoms with Crippen molar-refractivity contribution in [2.24, 2.45) is 0 Å². The SMILES string of the molecule is O=C(O)CNc1sc(-c2ccc(OCc3c(Cl)cccc3Cl)cc2)cc1C(=O)O. The highest BCUT2D eigenvalue weighted by atomic mass is 35.5. The van der Waals surface area contributed by atoms with E-state index < -0.39 is 11.9 Å². The van der Waals surface area contributed by atoms with Gasteiger partial charge < -0.3 is 20.3 Å². The average molecular weight is 452 g/mol. The molecule has 0 aliphatic carbocycles. The van der Waals surface area contributed by atoms with E-state index in [9.17, 15) is 14.7 Å². The minimum atomic E-state index is -1.13. The molecule has 0 saturated heterocycles. The number of aromatic carboxylic acids is 1. The molecular formula is C20H15Cl2NO5S. The fourth-order valence-electron chi connectivity index (χ4n) is 2.52. The second kappa shape index (κ2) is 9.17. The smallest absolute Gasteiger partial charge is 0.338 e. The molecule has 2 aromatic carbocycles. The maximum Gasteiger partial charge on any atom is 0.338 e. The summed E-state index contributed by atoms with van der Waals surface area (Å²) in [4.78, 5) is 22.8. The number of carboxylic acids is 2. The quantitative estimate of drug-likeness (QED) is 0.418. The van der Waals surface area contributed by atoms with Crippen molar-refractivity contribution in [3.8, 4) is 16.2 Å². The minimum absolute atomic E-state index is 0.0277. The molecule has 3 N–H and O–H groups in total. The number of hydrogen-bond donors (Lipinski definition) is 3. The molecule has 0 atom stereocenters.